The maximum atomic E-state index is 12.1. The molecule has 0 aliphatic carbocycles. The van der Waals surface area contributed by atoms with Crippen molar-refractivity contribution in [1.82, 2.24) is 19.1 Å². The van der Waals surface area contributed by atoms with Crippen molar-refractivity contribution in [2.75, 3.05) is 5.75 Å². The highest BCUT2D eigenvalue weighted by atomic mass is 35.5. The van der Waals surface area contributed by atoms with E-state index in [1.165, 1.54) is 0 Å². The van der Waals surface area contributed by atoms with Crippen LogP contribution in [0.25, 0.3) is 16.7 Å². The Labute approximate surface area is 159 Å². The smallest absolute Gasteiger partial charge is 0.306 e. The second kappa shape index (κ2) is 7.43. The Kier molecular flexibility index (Phi) is 4.86. The van der Waals surface area contributed by atoms with Gasteiger partial charge in [-0.1, -0.05) is 41.6 Å². The zero-order chi connectivity index (χ0) is 17.9. The van der Waals surface area contributed by atoms with E-state index in [1.54, 1.807) is 22.5 Å². The van der Waals surface area contributed by atoms with Crippen molar-refractivity contribution in [1.29, 1.82) is 0 Å². The third kappa shape index (κ3) is 3.43. The topological polar surface area (TPSA) is 55.6 Å². The quantitative estimate of drug-likeness (QED) is 0.397. The Hall–Kier alpha value is -2.44. The summed E-state index contributed by atoms with van der Waals surface area (Å²) in [6, 6.07) is 15.5. The molecule has 1 N–H and O–H groups in total. The molecule has 2 aromatic heterocycles. The van der Waals surface area contributed by atoms with E-state index in [-0.39, 0.29) is 5.69 Å². The molecule has 0 saturated carbocycles. The number of thioether (sulfide) groups is 1. The Balaban J connectivity index is 1.42. The van der Waals surface area contributed by atoms with Gasteiger partial charge in [0.25, 0.3) is 0 Å². The molecule has 26 heavy (non-hydrogen) atoms. The van der Waals surface area contributed by atoms with Crippen LogP contribution in [-0.2, 0) is 6.54 Å². The van der Waals surface area contributed by atoms with Crippen LogP contribution in [0.15, 0.2) is 70.9 Å². The van der Waals surface area contributed by atoms with E-state index in [4.69, 9.17) is 11.6 Å². The van der Waals surface area contributed by atoms with Crippen molar-refractivity contribution >= 4 is 34.4 Å². The van der Waals surface area contributed by atoms with Gasteiger partial charge in [-0.05, 0) is 36.8 Å². The Morgan fingerprint density at radius 3 is 2.92 bits per heavy atom. The summed E-state index contributed by atoms with van der Waals surface area (Å²) in [5.74, 6) is 0.865. The molecule has 0 saturated heterocycles. The number of hydrogen-bond acceptors (Lipinski definition) is 3. The molecule has 0 aliphatic rings. The second-order valence-corrected chi connectivity index (χ2v) is 7.36. The summed E-state index contributed by atoms with van der Waals surface area (Å²) in [5.41, 5.74) is 2.76. The lowest BCUT2D eigenvalue weighted by Crippen LogP contribution is -2.17. The highest BCUT2D eigenvalue weighted by molar-refractivity contribution is 7.99. The number of imidazole rings is 2. The largest absolute Gasteiger partial charge is 0.326 e. The number of aromatic amines is 1. The normalized spacial score (nSPS) is 11.3. The van der Waals surface area contributed by atoms with Crippen LogP contribution < -0.4 is 5.69 Å². The second-order valence-electron chi connectivity index (χ2n) is 5.86. The maximum Gasteiger partial charge on any atom is 0.326 e. The van der Waals surface area contributed by atoms with Gasteiger partial charge in [-0.25, -0.2) is 9.78 Å². The van der Waals surface area contributed by atoms with Crippen molar-refractivity contribution in [2.24, 2.45) is 0 Å². The van der Waals surface area contributed by atoms with Crippen LogP contribution in [0.5, 0.6) is 0 Å². The Bertz CT molecular complexity index is 1100. The number of H-pyrrole nitrogens is 1. The first-order valence-corrected chi connectivity index (χ1v) is 9.68. The lowest BCUT2D eigenvalue weighted by Gasteiger charge is -2.08. The highest BCUT2D eigenvalue weighted by Crippen LogP contribution is 2.23. The molecule has 0 amide bonds. The molecular weight excluding hydrogens is 368 g/mol. The Morgan fingerprint density at radius 1 is 1.15 bits per heavy atom. The van der Waals surface area contributed by atoms with Gasteiger partial charge >= 0.3 is 5.69 Å². The molecule has 4 rings (SSSR count). The Morgan fingerprint density at radius 2 is 2.04 bits per heavy atom. The number of aryl methyl sites for hydroxylation is 1. The minimum atomic E-state index is -0.0587. The summed E-state index contributed by atoms with van der Waals surface area (Å²) < 4.78 is 3.81. The number of aromatic nitrogens is 4. The van der Waals surface area contributed by atoms with Gasteiger partial charge in [-0.3, -0.25) is 9.13 Å². The molecule has 2 aromatic carbocycles. The minimum absolute atomic E-state index is 0.0587. The molecule has 0 spiro atoms. The molecule has 0 radical (unpaired) electrons. The van der Waals surface area contributed by atoms with Crippen LogP contribution in [0.2, 0.25) is 5.02 Å². The first kappa shape index (κ1) is 17.0. The number of halogens is 1. The average Bonchev–Trinajstić information content (AvgIpc) is 3.23. The fraction of sp³-hybridized carbons (Fsp3) is 0.158. The molecule has 0 bridgehead atoms. The van der Waals surface area contributed by atoms with Gasteiger partial charge in [-0.2, -0.15) is 0 Å². The van der Waals surface area contributed by atoms with E-state index in [1.807, 2.05) is 59.3 Å². The number of hydrogen-bond donors (Lipinski definition) is 1. The number of fused-ring (bicyclic) bond motifs is 1. The fourth-order valence-electron chi connectivity index (χ4n) is 2.93. The van der Waals surface area contributed by atoms with E-state index >= 15 is 0 Å². The zero-order valence-corrected chi connectivity index (χ0v) is 15.5. The van der Waals surface area contributed by atoms with Crippen LogP contribution >= 0.6 is 23.4 Å². The first-order valence-electron chi connectivity index (χ1n) is 8.32. The van der Waals surface area contributed by atoms with Gasteiger partial charge in [0.05, 0.1) is 11.0 Å². The number of benzene rings is 2. The minimum Gasteiger partial charge on any atom is -0.306 e. The van der Waals surface area contributed by atoms with Crippen molar-refractivity contribution in [3.63, 3.8) is 0 Å². The van der Waals surface area contributed by atoms with Gasteiger partial charge in [0.15, 0.2) is 5.16 Å². The molecule has 0 atom stereocenters. The van der Waals surface area contributed by atoms with Crippen LogP contribution in [0, 0.1) is 0 Å². The number of rotatable bonds is 6. The molecule has 7 heteroatoms. The summed E-state index contributed by atoms with van der Waals surface area (Å²) in [6.45, 7) is 0.674. The van der Waals surface area contributed by atoms with E-state index in [2.05, 4.69) is 9.97 Å². The van der Waals surface area contributed by atoms with E-state index in [9.17, 15) is 4.79 Å². The number of nitrogens with zero attached hydrogens (tertiary/aromatic N) is 3. The molecule has 0 aliphatic heterocycles. The SMILES string of the molecule is O=c1[nH]c2ccccc2n1CCCSc1nccn1-c1cccc(Cl)c1. The van der Waals surface area contributed by atoms with Crippen LogP contribution in [0.1, 0.15) is 6.42 Å². The molecule has 2 heterocycles. The third-order valence-corrected chi connectivity index (χ3v) is 5.42. The van der Waals surface area contributed by atoms with Crippen molar-refractivity contribution in [3.05, 3.63) is 76.4 Å². The average molecular weight is 385 g/mol. The summed E-state index contributed by atoms with van der Waals surface area (Å²) in [6.07, 6.45) is 4.58. The molecule has 4 aromatic rings. The van der Waals surface area contributed by atoms with E-state index in [0.717, 1.165) is 34.1 Å². The van der Waals surface area contributed by atoms with E-state index in [0.29, 0.717) is 11.6 Å². The highest BCUT2D eigenvalue weighted by Gasteiger charge is 2.08. The summed E-state index contributed by atoms with van der Waals surface area (Å²) >= 11 is 7.76. The van der Waals surface area contributed by atoms with Gasteiger partial charge in [0.1, 0.15) is 0 Å². The van der Waals surface area contributed by atoms with Crippen LogP contribution in [0.4, 0.5) is 0 Å². The predicted molar refractivity (Wildman–Crippen MR) is 106 cm³/mol. The van der Waals surface area contributed by atoms with Gasteiger partial charge in [0, 0.05) is 35.4 Å². The predicted octanol–water partition coefficient (Wildman–Crippen LogP) is 4.35. The molecule has 5 nitrogen and oxygen atoms in total. The molecule has 132 valence electrons. The summed E-state index contributed by atoms with van der Waals surface area (Å²) in [5, 5.41) is 1.62. The van der Waals surface area contributed by atoms with Crippen molar-refractivity contribution < 1.29 is 0 Å². The molecule has 0 fully saturated rings. The van der Waals surface area contributed by atoms with Gasteiger partial charge in [0.2, 0.25) is 0 Å². The maximum absolute atomic E-state index is 12.1. The third-order valence-electron chi connectivity index (χ3n) is 4.13. The lowest BCUT2D eigenvalue weighted by molar-refractivity contribution is 0.678. The lowest BCUT2D eigenvalue weighted by atomic mass is 10.3. The van der Waals surface area contributed by atoms with E-state index < -0.39 is 0 Å². The number of para-hydroxylation sites is 2. The summed E-state index contributed by atoms with van der Waals surface area (Å²) in [7, 11) is 0. The van der Waals surface area contributed by atoms with Crippen molar-refractivity contribution in [2.45, 2.75) is 18.1 Å². The molecule has 0 unspecified atom stereocenters. The fourth-order valence-corrected chi connectivity index (χ4v) is 4.02. The number of nitrogens with one attached hydrogen (secondary N) is 1. The van der Waals surface area contributed by atoms with Crippen LogP contribution in [-0.4, -0.2) is 24.9 Å². The van der Waals surface area contributed by atoms with Gasteiger partial charge < -0.3 is 4.98 Å². The van der Waals surface area contributed by atoms with Crippen molar-refractivity contribution in [3.8, 4) is 5.69 Å². The monoisotopic (exact) mass is 384 g/mol. The summed E-state index contributed by atoms with van der Waals surface area (Å²) in [4.78, 5) is 19.4. The first-order chi connectivity index (χ1) is 12.7. The standard InChI is InChI=1S/C19H17ClN4OS/c20-14-5-3-6-15(13-14)23-11-9-21-19(23)26-12-4-10-24-17-8-2-1-7-16(17)22-18(24)25/h1-3,5-9,11,13H,4,10,12H2,(H,22,25). The molecular formula is C19H17ClN4OS. The zero-order valence-electron chi connectivity index (χ0n) is 13.9. The van der Waals surface area contributed by atoms with Crippen LogP contribution in [0.3, 0.4) is 0 Å². The van der Waals surface area contributed by atoms with Gasteiger partial charge in [-0.15, -0.1) is 0 Å².